The van der Waals surface area contributed by atoms with Gasteiger partial charge in [0.25, 0.3) is 0 Å². The van der Waals surface area contributed by atoms with Gasteiger partial charge in [-0.1, -0.05) is 30.3 Å². The maximum Gasteiger partial charge on any atom is 0.417 e. The second kappa shape index (κ2) is 5.57. The molecule has 0 unspecified atom stereocenters. The quantitative estimate of drug-likeness (QED) is 0.815. The van der Waals surface area contributed by atoms with Gasteiger partial charge in [0.1, 0.15) is 0 Å². The smallest absolute Gasteiger partial charge is 0.383 e. The monoisotopic (exact) mass is 279 g/mol. The van der Waals surface area contributed by atoms with Gasteiger partial charge in [0, 0.05) is 11.7 Å². The molecule has 0 aliphatic rings. The van der Waals surface area contributed by atoms with E-state index in [1.54, 1.807) is 24.3 Å². The maximum atomic E-state index is 13.0. The average molecular weight is 279 g/mol. The zero-order valence-electron chi connectivity index (χ0n) is 11.3. The molecule has 2 aromatic carbocycles. The highest BCUT2D eigenvalue weighted by atomic mass is 19.4. The lowest BCUT2D eigenvalue weighted by molar-refractivity contribution is -0.137. The third-order valence-electron chi connectivity index (χ3n) is 2.86. The van der Waals surface area contributed by atoms with Crippen molar-refractivity contribution in [3.63, 3.8) is 0 Å². The highest BCUT2D eigenvalue weighted by Gasteiger charge is 2.33. The van der Waals surface area contributed by atoms with E-state index in [4.69, 9.17) is 0 Å². The van der Waals surface area contributed by atoms with Crippen LogP contribution in [-0.4, -0.2) is 6.04 Å². The van der Waals surface area contributed by atoms with Crippen molar-refractivity contribution in [2.24, 2.45) is 0 Å². The third-order valence-corrected chi connectivity index (χ3v) is 2.86. The summed E-state index contributed by atoms with van der Waals surface area (Å²) in [7, 11) is 0. The van der Waals surface area contributed by atoms with Gasteiger partial charge in [0.05, 0.1) is 5.56 Å². The van der Waals surface area contributed by atoms with E-state index < -0.39 is 11.7 Å². The van der Waals surface area contributed by atoms with Gasteiger partial charge in [-0.25, -0.2) is 0 Å². The Morgan fingerprint density at radius 1 is 0.950 bits per heavy atom. The molecule has 4 heteroatoms. The first-order valence-corrected chi connectivity index (χ1v) is 6.41. The molecule has 20 heavy (non-hydrogen) atoms. The van der Waals surface area contributed by atoms with Crippen molar-refractivity contribution >= 4 is 5.69 Å². The lowest BCUT2D eigenvalue weighted by atomic mass is 9.99. The van der Waals surface area contributed by atoms with Gasteiger partial charge in [-0.15, -0.1) is 0 Å². The van der Waals surface area contributed by atoms with Crippen LogP contribution in [0, 0.1) is 0 Å². The van der Waals surface area contributed by atoms with Crippen LogP contribution < -0.4 is 5.32 Å². The van der Waals surface area contributed by atoms with E-state index in [2.05, 4.69) is 5.32 Å². The number of benzene rings is 2. The Bertz CT molecular complexity index is 588. The van der Waals surface area contributed by atoms with E-state index >= 15 is 0 Å². The first-order chi connectivity index (χ1) is 9.38. The van der Waals surface area contributed by atoms with E-state index in [9.17, 15) is 13.2 Å². The summed E-state index contributed by atoms with van der Waals surface area (Å²) < 4.78 is 39.1. The Labute approximate surface area is 116 Å². The summed E-state index contributed by atoms with van der Waals surface area (Å²) in [6.45, 7) is 3.96. The summed E-state index contributed by atoms with van der Waals surface area (Å²) in [6, 6.07) is 12.9. The van der Waals surface area contributed by atoms with Crippen molar-refractivity contribution in [1.82, 2.24) is 0 Å². The van der Waals surface area contributed by atoms with Crippen molar-refractivity contribution in [3.8, 4) is 11.1 Å². The average Bonchev–Trinajstić information content (AvgIpc) is 2.37. The zero-order chi connectivity index (χ0) is 14.8. The third kappa shape index (κ3) is 3.32. The minimum atomic E-state index is -4.35. The lowest BCUT2D eigenvalue weighted by Gasteiger charge is -2.15. The van der Waals surface area contributed by atoms with Crippen LogP contribution in [0.1, 0.15) is 19.4 Å². The second-order valence-electron chi connectivity index (χ2n) is 4.92. The summed E-state index contributed by atoms with van der Waals surface area (Å²) in [5, 5.41) is 3.19. The molecule has 0 saturated heterocycles. The van der Waals surface area contributed by atoms with Crippen LogP contribution in [0.2, 0.25) is 0 Å². The van der Waals surface area contributed by atoms with Crippen molar-refractivity contribution < 1.29 is 13.2 Å². The fourth-order valence-electron chi connectivity index (χ4n) is 2.09. The van der Waals surface area contributed by atoms with Gasteiger partial charge in [-0.05, 0) is 43.2 Å². The highest BCUT2D eigenvalue weighted by Crippen LogP contribution is 2.37. The molecule has 0 atom stereocenters. The number of nitrogens with one attached hydrogen (secondary N) is 1. The van der Waals surface area contributed by atoms with E-state index in [-0.39, 0.29) is 11.6 Å². The zero-order valence-corrected chi connectivity index (χ0v) is 11.3. The van der Waals surface area contributed by atoms with Gasteiger partial charge in [0.2, 0.25) is 0 Å². The number of anilines is 1. The molecule has 0 bridgehead atoms. The predicted octanol–water partition coefficient (Wildman–Crippen LogP) is 5.19. The SMILES string of the molecule is CC(C)Nc1cccc(-c2ccccc2C(F)(F)F)c1. The Hall–Kier alpha value is -1.97. The number of hydrogen-bond donors (Lipinski definition) is 1. The van der Waals surface area contributed by atoms with Crippen molar-refractivity contribution in [2.45, 2.75) is 26.1 Å². The molecule has 0 spiro atoms. The van der Waals surface area contributed by atoms with Crippen LogP contribution in [0.5, 0.6) is 0 Å². The molecule has 0 heterocycles. The Morgan fingerprint density at radius 3 is 2.30 bits per heavy atom. The molecule has 0 saturated carbocycles. The second-order valence-corrected chi connectivity index (χ2v) is 4.92. The molecule has 0 aromatic heterocycles. The number of halogens is 3. The van der Waals surface area contributed by atoms with Crippen molar-refractivity contribution in [3.05, 3.63) is 54.1 Å². The summed E-state index contributed by atoms with van der Waals surface area (Å²) in [5.74, 6) is 0. The molecule has 0 fully saturated rings. The van der Waals surface area contributed by atoms with Crippen LogP contribution in [0.15, 0.2) is 48.5 Å². The number of rotatable bonds is 3. The topological polar surface area (TPSA) is 12.0 Å². The highest BCUT2D eigenvalue weighted by molar-refractivity contribution is 5.71. The van der Waals surface area contributed by atoms with Crippen molar-refractivity contribution in [2.75, 3.05) is 5.32 Å². The predicted molar refractivity (Wildman–Crippen MR) is 75.6 cm³/mol. The molecular formula is C16H16F3N. The standard InChI is InChI=1S/C16H16F3N/c1-11(2)20-13-7-5-6-12(10-13)14-8-3-4-9-15(14)16(17,18)19/h3-11,20H,1-2H3. The molecule has 1 N–H and O–H groups in total. The van der Waals surface area contributed by atoms with Crippen LogP contribution >= 0.6 is 0 Å². The minimum absolute atomic E-state index is 0.201. The number of alkyl halides is 3. The Morgan fingerprint density at radius 2 is 1.65 bits per heavy atom. The maximum absolute atomic E-state index is 13.0. The van der Waals surface area contributed by atoms with Gasteiger partial charge < -0.3 is 5.32 Å². The number of hydrogen-bond acceptors (Lipinski definition) is 1. The molecule has 1 nitrogen and oxygen atoms in total. The molecule has 2 aromatic rings. The molecule has 2 rings (SSSR count). The first kappa shape index (κ1) is 14.4. The molecular weight excluding hydrogens is 263 g/mol. The first-order valence-electron chi connectivity index (χ1n) is 6.41. The molecule has 0 aliphatic carbocycles. The minimum Gasteiger partial charge on any atom is -0.383 e. The Kier molecular flexibility index (Phi) is 4.02. The van der Waals surface area contributed by atoms with Gasteiger partial charge in [-0.3, -0.25) is 0 Å². The van der Waals surface area contributed by atoms with E-state index in [0.717, 1.165) is 11.8 Å². The largest absolute Gasteiger partial charge is 0.417 e. The van der Waals surface area contributed by atoms with Crippen LogP contribution in [0.25, 0.3) is 11.1 Å². The Balaban J connectivity index is 2.47. The van der Waals surface area contributed by atoms with Gasteiger partial charge in [0.15, 0.2) is 0 Å². The van der Waals surface area contributed by atoms with Crippen LogP contribution in [0.4, 0.5) is 18.9 Å². The van der Waals surface area contributed by atoms with E-state index in [1.807, 2.05) is 19.9 Å². The fourth-order valence-corrected chi connectivity index (χ4v) is 2.09. The van der Waals surface area contributed by atoms with E-state index in [0.29, 0.717) is 5.56 Å². The van der Waals surface area contributed by atoms with Crippen LogP contribution in [-0.2, 0) is 6.18 Å². The normalized spacial score (nSPS) is 11.7. The lowest BCUT2D eigenvalue weighted by Crippen LogP contribution is -2.10. The molecule has 106 valence electrons. The summed E-state index contributed by atoms with van der Waals surface area (Å²) >= 11 is 0. The summed E-state index contributed by atoms with van der Waals surface area (Å²) in [4.78, 5) is 0. The summed E-state index contributed by atoms with van der Waals surface area (Å²) in [5.41, 5.74) is 0.965. The molecule has 0 radical (unpaired) electrons. The van der Waals surface area contributed by atoms with E-state index in [1.165, 1.54) is 12.1 Å². The molecule has 0 amide bonds. The summed E-state index contributed by atoms with van der Waals surface area (Å²) in [6.07, 6.45) is -4.35. The van der Waals surface area contributed by atoms with Crippen LogP contribution in [0.3, 0.4) is 0 Å². The van der Waals surface area contributed by atoms with Crippen molar-refractivity contribution in [1.29, 1.82) is 0 Å². The fraction of sp³-hybridized carbons (Fsp3) is 0.250. The molecule has 0 aliphatic heterocycles. The van der Waals surface area contributed by atoms with Gasteiger partial charge in [-0.2, -0.15) is 13.2 Å². The van der Waals surface area contributed by atoms with Gasteiger partial charge >= 0.3 is 6.18 Å².